The fourth-order valence-electron chi connectivity index (χ4n) is 6.75. The maximum absolute atomic E-state index is 13.8. The summed E-state index contributed by atoms with van der Waals surface area (Å²) in [6, 6.07) is 7.62. The van der Waals surface area contributed by atoms with Gasteiger partial charge in [0.2, 0.25) is 5.91 Å². The fourth-order valence-corrected chi connectivity index (χ4v) is 6.75. The highest BCUT2D eigenvalue weighted by Crippen LogP contribution is 2.50. The second kappa shape index (κ2) is 11.2. The Morgan fingerprint density at radius 1 is 0.932 bits per heavy atom. The number of carbonyl (C=O) groups excluding carboxylic acids is 1. The van der Waals surface area contributed by atoms with Crippen molar-refractivity contribution in [1.29, 1.82) is 0 Å². The van der Waals surface area contributed by atoms with Crippen LogP contribution in [-0.2, 0) is 28.5 Å². The van der Waals surface area contributed by atoms with Gasteiger partial charge in [-0.1, -0.05) is 23.4 Å². The molecule has 234 valence electrons. The number of nitrogens with zero attached hydrogens (tertiary/aromatic N) is 1. The third-order valence-corrected chi connectivity index (χ3v) is 8.91. The quantitative estimate of drug-likeness (QED) is 0.248. The highest BCUT2D eigenvalue weighted by Gasteiger charge is 2.47. The number of aromatic carboxylic acids is 1. The Kier molecular flexibility index (Phi) is 7.71. The zero-order valence-electron chi connectivity index (χ0n) is 23.2. The summed E-state index contributed by atoms with van der Waals surface area (Å²) in [5, 5.41) is 15.5. The van der Waals surface area contributed by atoms with Gasteiger partial charge in [-0.05, 0) is 74.6 Å². The van der Waals surface area contributed by atoms with Crippen LogP contribution in [0.25, 0.3) is 11.3 Å². The van der Waals surface area contributed by atoms with Gasteiger partial charge in [-0.15, -0.1) is 0 Å². The average Bonchev–Trinajstić information content (AvgIpc) is 3.66. The van der Waals surface area contributed by atoms with Gasteiger partial charge < -0.3 is 19.7 Å². The predicted octanol–water partition coefficient (Wildman–Crippen LogP) is 7.91. The third kappa shape index (κ3) is 5.93. The topological polar surface area (TPSA) is 102 Å². The lowest BCUT2D eigenvalue weighted by Crippen LogP contribution is -2.38. The fraction of sp³-hybridized carbons (Fsp3) is 0.452. The molecule has 3 saturated carbocycles. The molecule has 3 fully saturated rings. The number of carbonyl (C=O) groups is 2. The number of carboxylic acid groups (broad SMARTS) is 1. The van der Waals surface area contributed by atoms with Crippen LogP contribution in [0.2, 0.25) is 0 Å². The molecule has 2 aromatic carbocycles. The van der Waals surface area contributed by atoms with Crippen molar-refractivity contribution in [1.82, 2.24) is 5.16 Å². The van der Waals surface area contributed by atoms with E-state index in [0.717, 1.165) is 31.0 Å². The van der Waals surface area contributed by atoms with Crippen LogP contribution < -0.4 is 5.32 Å². The molecule has 3 aliphatic rings. The number of hydrogen-bond acceptors (Lipinski definition) is 5. The van der Waals surface area contributed by atoms with E-state index in [4.69, 9.17) is 14.4 Å². The van der Waals surface area contributed by atoms with Crippen LogP contribution in [0.5, 0.6) is 0 Å². The maximum Gasteiger partial charge on any atom is 0.418 e. The number of ether oxygens (including phenoxy) is 1. The summed E-state index contributed by atoms with van der Waals surface area (Å²) < 4.78 is 94.1. The van der Waals surface area contributed by atoms with E-state index in [1.807, 2.05) is 0 Å². The average molecular weight is 623 g/mol. The van der Waals surface area contributed by atoms with E-state index >= 15 is 0 Å². The highest BCUT2D eigenvalue weighted by molar-refractivity contribution is 5.95. The lowest BCUT2D eigenvalue weighted by molar-refractivity contribution is -0.138. The molecule has 6 rings (SSSR count). The standard InChI is InChI=1S/C31H28F6N2O5/c32-30(33,34)22-4-2-1-3-20(22)26-21(27(44-39-26)15-5-6-15)14-43-19-11-16-7-8-17(12-19)25(16)28(40)38-24-10-9-18(29(41)42)13-23(24)31(35,36)37/h1-4,9-10,13,15-17,19,25H,5-8,11-12,14H2,(H,38,40)(H,41,42). The molecule has 13 heteroatoms. The Bertz CT molecular complexity index is 1560. The Labute approximate surface area is 247 Å². The molecule has 2 bridgehead atoms. The van der Waals surface area contributed by atoms with E-state index < -0.39 is 52.5 Å². The van der Waals surface area contributed by atoms with Crippen molar-refractivity contribution in [2.75, 3.05) is 5.32 Å². The van der Waals surface area contributed by atoms with Gasteiger partial charge in [0.05, 0.1) is 35.1 Å². The van der Waals surface area contributed by atoms with Gasteiger partial charge in [-0.2, -0.15) is 26.3 Å². The number of carboxylic acids is 1. The number of aromatic nitrogens is 1. The lowest BCUT2D eigenvalue weighted by Gasteiger charge is -2.34. The van der Waals surface area contributed by atoms with Gasteiger partial charge in [0.1, 0.15) is 11.5 Å². The van der Waals surface area contributed by atoms with E-state index in [9.17, 15) is 35.9 Å². The molecule has 0 saturated heterocycles. The summed E-state index contributed by atoms with van der Waals surface area (Å²) in [5.41, 5.74) is -2.64. The van der Waals surface area contributed by atoms with Crippen LogP contribution >= 0.6 is 0 Å². The molecule has 0 aliphatic heterocycles. The number of amides is 1. The van der Waals surface area contributed by atoms with Gasteiger partial charge in [0.15, 0.2) is 0 Å². The number of rotatable bonds is 8. The van der Waals surface area contributed by atoms with Crippen LogP contribution in [0.15, 0.2) is 47.0 Å². The molecule has 7 nitrogen and oxygen atoms in total. The molecule has 0 spiro atoms. The van der Waals surface area contributed by atoms with Crippen molar-refractivity contribution in [3.63, 3.8) is 0 Å². The van der Waals surface area contributed by atoms with Crippen LogP contribution in [0.1, 0.15) is 77.3 Å². The van der Waals surface area contributed by atoms with Crippen molar-refractivity contribution in [2.24, 2.45) is 17.8 Å². The number of anilines is 1. The first-order valence-electron chi connectivity index (χ1n) is 14.3. The first kappa shape index (κ1) is 30.2. The third-order valence-electron chi connectivity index (χ3n) is 8.91. The van der Waals surface area contributed by atoms with Crippen LogP contribution in [0.3, 0.4) is 0 Å². The summed E-state index contributed by atoms with van der Waals surface area (Å²) >= 11 is 0. The molecule has 3 aromatic rings. The highest BCUT2D eigenvalue weighted by atomic mass is 19.4. The second-order valence-electron chi connectivity index (χ2n) is 11.8. The summed E-state index contributed by atoms with van der Waals surface area (Å²) in [4.78, 5) is 24.5. The Balaban J connectivity index is 1.17. The van der Waals surface area contributed by atoms with E-state index in [0.29, 0.717) is 43.1 Å². The van der Waals surface area contributed by atoms with Crippen molar-refractivity contribution >= 4 is 17.6 Å². The molecular formula is C31H28F6N2O5. The molecule has 44 heavy (non-hydrogen) atoms. The Morgan fingerprint density at radius 2 is 1.59 bits per heavy atom. The lowest BCUT2D eigenvalue weighted by atomic mass is 9.76. The van der Waals surface area contributed by atoms with Crippen molar-refractivity contribution in [3.8, 4) is 11.3 Å². The molecule has 2 N–H and O–H groups in total. The molecular weight excluding hydrogens is 594 g/mol. The summed E-state index contributed by atoms with van der Waals surface area (Å²) in [5.74, 6) is -2.38. The first-order valence-corrected chi connectivity index (χ1v) is 14.3. The zero-order valence-corrected chi connectivity index (χ0v) is 23.2. The number of hydrogen-bond donors (Lipinski definition) is 2. The van der Waals surface area contributed by atoms with Crippen molar-refractivity contribution < 1.29 is 50.3 Å². The minimum absolute atomic E-state index is 0.0251. The van der Waals surface area contributed by atoms with Crippen LogP contribution in [0, 0.1) is 17.8 Å². The molecule has 1 amide bonds. The van der Waals surface area contributed by atoms with Gasteiger partial charge >= 0.3 is 18.3 Å². The number of nitrogens with one attached hydrogen (secondary N) is 1. The van der Waals surface area contributed by atoms with Crippen LogP contribution in [0.4, 0.5) is 32.0 Å². The normalized spacial score (nSPS) is 23.5. The largest absolute Gasteiger partial charge is 0.478 e. The van der Waals surface area contributed by atoms with Gasteiger partial charge in [-0.25, -0.2) is 4.79 Å². The molecule has 2 unspecified atom stereocenters. The minimum Gasteiger partial charge on any atom is -0.478 e. The predicted molar refractivity (Wildman–Crippen MR) is 143 cm³/mol. The molecule has 1 aromatic heterocycles. The first-order chi connectivity index (χ1) is 20.8. The Hall–Kier alpha value is -3.87. The monoisotopic (exact) mass is 622 g/mol. The molecule has 1 heterocycles. The molecule has 2 atom stereocenters. The number of alkyl halides is 6. The Morgan fingerprint density at radius 3 is 2.20 bits per heavy atom. The van der Waals surface area contributed by atoms with E-state index in [1.165, 1.54) is 18.2 Å². The maximum atomic E-state index is 13.8. The zero-order chi connectivity index (χ0) is 31.4. The number of halogens is 6. The van der Waals surface area contributed by atoms with E-state index in [1.54, 1.807) is 0 Å². The number of benzene rings is 2. The summed E-state index contributed by atoms with van der Waals surface area (Å²) in [6.45, 7) is -0.0251. The van der Waals surface area contributed by atoms with E-state index in [2.05, 4.69) is 10.5 Å². The van der Waals surface area contributed by atoms with Crippen LogP contribution in [-0.4, -0.2) is 28.2 Å². The SMILES string of the molecule is O=C(O)c1ccc(NC(=O)C2C3CCC2CC(OCc2c(-c4ccccc4C(F)(F)F)noc2C2CC2)C3)c(C(F)(F)F)c1. The summed E-state index contributed by atoms with van der Waals surface area (Å²) in [6.07, 6.45) is -5.85. The van der Waals surface area contributed by atoms with E-state index in [-0.39, 0.29) is 41.7 Å². The van der Waals surface area contributed by atoms with Gasteiger partial charge in [0, 0.05) is 23.0 Å². The second-order valence-corrected chi connectivity index (χ2v) is 11.8. The van der Waals surface area contributed by atoms with Gasteiger partial charge in [-0.3, -0.25) is 4.79 Å². The minimum atomic E-state index is -4.88. The van der Waals surface area contributed by atoms with Crippen molar-refractivity contribution in [3.05, 3.63) is 70.5 Å². The smallest absolute Gasteiger partial charge is 0.418 e. The van der Waals surface area contributed by atoms with Crippen molar-refractivity contribution in [2.45, 2.75) is 69.5 Å². The van der Waals surface area contributed by atoms with Gasteiger partial charge in [0.25, 0.3) is 0 Å². The molecule has 3 aliphatic carbocycles. The number of fused-ring (bicyclic) bond motifs is 2. The molecule has 0 radical (unpaired) electrons. The summed E-state index contributed by atoms with van der Waals surface area (Å²) in [7, 11) is 0.